The van der Waals surface area contributed by atoms with Crippen molar-refractivity contribution in [1.29, 1.82) is 0 Å². The number of ether oxygens (including phenoxy) is 2. The van der Waals surface area contributed by atoms with Gasteiger partial charge in [-0.3, -0.25) is 9.69 Å². The van der Waals surface area contributed by atoms with Gasteiger partial charge in [0.05, 0.1) is 12.6 Å². The minimum Gasteiger partial charge on any atom is -0.494 e. The highest BCUT2D eigenvalue weighted by Crippen LogP contribution is 2.19. The summed E-state index contributed by atoms with van der Waals surface area (Å²) in [6.45, 7) is 3.91. The van der Waals surface area contributed by atoms with Crippen LogP contribution in [0.15, 0.2) is 24.3 Å². The van der Waals surface area contributed by atoms with Crippen molar-refractivity contribution in [2.24, 2.45) is 5.73 Å². The van der Waals surface area contributed by atoms with Gasteiger partial charge in [-0.15, -0.1) is 0 Å². The Labute approximate surface area is 130 Å². The molecule has 0 spiro atoms. The van der Waals surface area contributed by atoms with E-state index in [0.717, 1.165) is 25.1 Å². The standard InChI is InChI=1S/C16H24N2O4/c1-2-21-13-5-7-14(8-6-13)22-11-12(19)10-18-9-3-4-15(18)16(17)20/h5-8,12,15,19H,2-4,9-11H2,1H3,(H2,17,20). The molecule has 1 aliphatic heterocycles. The van der Waals surface area contributed by atoms with E-state index in [-0.39, 0.29) is 18.6 Å². The first-order valence-electron chi connectivity index (χ1n) is 7.67. The van der Waals surface area contributed by atoms with Crippen LogP contribution in [0, 0.1) is 0 Å². The number of hydrogen-bond donors (Lipinski definition) is 2. The third-order valence-electron chi connectivity index (χ3n) is 3.71. The molecule has 0 saturated carbocycles. The van der Waals surface area contributed by atoms with Crippen molar-refractivity contribution in [2.75, 3.05) is 26.3 Å². The Hall–Kier alpha value is -1.79. The van der Waals surface area contributed by atoms with Gasteiger partial charge in [0.2, 0.25) is 5.91 Å². The van der Waals surface area contributed by atoms with E-state index < -0.39 is 6.10 Å². The summed E-state index contributed by atoms with van der Waals surface area (Å²) in [4.78, 5) is 13.2. The molecule has 6 nitrogen and oxygen atoms in total. The van der Waals surface area contributed by atoms with Crippen molar-refractivity contribution in [3.8, 4) is 11.5 Å². The van der Waals surface area contributed by atoms with E-state index >= 15 is 0 Å². The molecule has 2 unspecified atom stereocenters. The SMILES string of the molecule is CCOc1ccc(OCC(O)CN2CCCC2C(N)=O)cc1. The topological polar surface area (TPSA) is 85.0 Å². The Morgan fingerprint density at radius 3 is 2.59 bits per heavy atom. The van der Waals surface area contributed by atoms with Crippen molar-refractivity contribution >= 4 is 5.91 Å². The summed E-state index contributed by atoms with van der Waals surface area (Å²) in [5.41, 5.74) is 5.36. The van der Waals surface area contributed by atoms with Crippen LogP contribution in [0.25, 0.3) is 0 Å². The van der Waals surface area contributed by atoms with Gasteiger partial charge in [0.15, 0.2) is 0 Å². The lowest BCUT2D eigenvalue weighted by atomic mass is 10.2. The number of aliphatic hydroxyl groups is 1. The van der Waals surface area contributed by atoms with Gasteiger partial charge in [-0.05, 0) is 50.6 Å². The average Bonchev–Trinajstić information content (AvgIpc) is 2.95. The molecular formula is C16H24N2O4. The lowest BCUT2D eigenvalue weighted by Crippen LogP contribution is -2.44. The van der Waals surface area contributed by atoms with E-state index in [1.54, 1.807) is 12.1 Å². The highest BCUT2D eigenvalue weighted by atomic mass is 16.5. The molecule has 2 atom stereocenters. The molecule has 0 aliphatic carbocycles. The second-order valence-corrected chi connectivity index (χ2v) is 5.42. The fourth-order valence-electron chi connectivity index (χ4n) is 2.68. The highest BCUT2D eigenvalue weighted by molar-refractivity contribution is 5.80. The lowest BCUT2D eigenvalue weighted by Gasteiger charge is -2.24. The van der Waals surface area contributed by atoms with Gasteiger partial charge in [0.1, 0.15) is 24.2 Å². The first-order chi connectivity index (χ1) is 10.6. The molecule has 2 rings (SSSR count). The highest BCUT2D eigenvalue weighted by Gasteiger charge is 2.30. The molecule has 1 heterocycles. The maximum Gasteiger partial charge on any atom is 0.234 e. The Balaban J connectivity index is 1.77. The first-order valence-corrected chi connectivity index (χ1v) is 7.67. The molecule has 0 aromatic heterocycles. The number of carbonyl (C=O) groups is 1. The van der Waals surface area contributed by atoms with Crippen LogP contribution in [0.1, 0.15) is 19.8 Å². The van der Waals surface area contributed by atoms with Gasteiger partial charge in [-0.2, -0.15) is 0 Å². The van der Waals surface area contributed by atoms with Crippen LogP contribution in [0.3, 0.4) is 0 Å². The van der Waals surface area contributed by atoms with Gasteiger partial charge >= 0.3 is 0 Å². The van der Waals surface area contributed by atoms with E-state index in [9.17, 15) is 9.90 Å². The summed E-state index contributed by atoms with van der Waals surface area (Å²) < 4.78 is 10.9. The van der Waals surface area contributed by atoms with Crippen LogP contribution >= 0.6 is 0 Å². The number of benzene rings is 1. The van der Waals surface area contributed by atoms with E-state index in [1.807, 2.05) is 24.0 Å². The van der Waals surface area contributed by atoms with Crippen molar-refractivity contribution < 1.29 is 19.4 Å². The number of amides is 1. The second kappa shape index (κ2) is 8.00. The quantitative estimate of drug-likeness (QED) is 0.741. The molecule has 22 heavy (non-hydrogen) atoms. The number of nitrogens with zero attached hydrogens (tertiary/aromatic N) is 1. The summed E-state index contributed by atoms with van der Waals surface area (Å²) in [5.74, 6) is 1.14. The molecule has 6 heteroatoms. The maximum absolute atomic E-state index is 11.3. The van der Waals surface area contributed by atoms with Crippen LogP contribution < -0.4 is 15.2 Å². The second-order valence-electron chi connectivity index (χ2n) is 5.42. The van der Waals surface area contributed by atoms with E-state index in [0.29, 0.717) is 18.9 Å². The molecule has 3 N–H and O–H groups in total. The fourth-order valence-corrected chi connectivity index (χ4v) is 2.68. The van der Waals surface area contributed by atoms with Crippen LogP contribution in [0.4, 0.5) is 0 Å². The number of aliphatic hydroxyl groups excluding tert-OH is 1. The summed E-state index contributed by atoms with van der Waals surface area (Å²) in [5, 5.41) is 10.1. The third-order valence-corrected chi connectivity index (χ3v) is 3.71. The van der Waals surface area contributed by atoms with Gasteiger partial charge < -0.3 is 20.3 Å². The van der Waals surface area contributed by atoms with Crippen molar-refractivity contribution in [2.45, 2.75) is 31.9 Å². The Bertz CT molecular complexity index is 478. The van der Waals surface area contributed by atoms with E-state index in [2.05, 4.69) is 0 Å². The molecule has 0 bridgehead atoms. The minimum atomic E-state index is -0.661. The molecular weight excluding hydrogens is 284 g/mol. The number of primary amides is 1. The summed E-state index contributed by atoms with van der Waals surface area (Å²) in [6.07, 6.45) is 1.04. The summed E-state index contributed by atoms with van der Waals surface area (Å²) >= 11 is 0. The summed E-state index contributed by atoms with van der Waals surface area (Å²) in [7, 11) is 0. The van der Waals surface area contributed by atoms with E-state index in [4.69, 9.17) is 15.2 Å². The predicted octanol–water partition coefficient (Wildman–Crippen LogP) is 0.775. The summed E-state index contributed by atoms with van der Waals surface area (Å²) in [6, 6.07) is 7.00. The van der Waals surface area contributed by atoms with Gasteiger partial charge in [0.25, 0.3) is 0 Å². The number of carbonyl (C=O) groups excluding carboxylic acids is 1. The number of β-amino-alcohol motifs (C(OH)–C–C–N with tert-alkyl or cyclic N) is 1. The van der Waals surface area contributed by atoms with Crippen LogP contribution in [0.2, 0.25) is 0 Å². The molecule has 1 saturated heterocycles. The van der Waals surface area contributed by atoms with E-state index in [1.165, 1.54) is 0 Å². The van der Waals surface area contributed by atoms with Crippen LogP contribution in [0.5, 0.6) is 11.5 Å². The van der Waals surface area contributed by atoms with Crippen molar-refractivity contribution in [3.63, 3.8) is 0 Å². The minimum absolute atomic E-state index is 0.177. The molecule has 0 radical (unpaired) electrons. The number of nitrogens with two attached hydrogens (primary N) is 1. The maximum atomic E-state index is 11.3. The Kier molecular flexibility index (Phi) is 6.03. The zero-order valence-electron chi connectivity index (χ0n) is 12.9. The number of rotatable bonds is 8. The van der Waals surface area contributed by atoms with Gasteiger partial charge in [0, 0.05) is 6.54 Å². The molecule has 1 amide bonds. The van der Waals surface area contributed by atoms with Gasteiger partial charge in [-0.25, -0.2) is 0 Å². The third kappa shape index (κ3) is 4.61. The Morgan fingerprint density at radius 2 is 2.00 bits per heavy atom. The number of likely N-dealkylation sites (tertiary alicyclic amines) is 1. The van der Waals surface area contributed by atoms with Crippen molar-refractivity contribution in [1.82, 2.24) is 4.90 Å². The van der Waals surface area contributed by atoms with Crippen LogP contribution in [-0.2, 0) is 4.79 Å². The smallest absolute Gasteiger partial charge is 0.234 e. The van der Waals surface area contributed by atoms with Gasteiger partial charge in [-0.1, -0.05) is 0 Å². The molecule has 1 fully saturated rings. The average molecular weight is 308 g/mol. The Morgan fingerprint density at radius 1 is 1.36 bits per heavy atom. The number of hydrogen-bond acceptors (Lipinski definition) is 5. The molecule has 1 aliphatic rings. The molecule has 1 aromatic rings. The first kappa shape index (κ1) is 16.6. The normalized spacial score (nSPS) is 19.8. The van der Waals surface area contributed by atoms with Crippen molar-refractivity contribution in [3.05, 3.63) is 24.3 Å². The predicted molar refractivity (Wildman–Crippen MR) is 82.9 cm³/mol. The lowest BCUT2D eigenvalue weighted by molar-refractivity contribution is -0.122. The molecule has 1 aromatic carbocycles. The zero-order valence-corrected chi connectivity index (χ0v) is 12.9. The molecule has 122 valence electrons. The monoisotopic (exact) mass is 308 g/mol. The zero-order chi connectivity index (χ0) is 15.9. The largest absolute Gasteiger partial charge is 0.494 e. The van der Waals surface area contributed by atoms with Crippen LogP contribution in [-0.4, -0.2) is 54.4 Å². The fraction of sp³-hybridized carbons (Fsp3) is 0.562.